The summed E-state index contributed by atoms with van der Waals surface area (Å²) in [5, 5.41) is 9.00. The molecule has 2 aromatic heterocycles. The molecule has 1 unspecified atom stereocenters. The maximum Gasteiger partial charge on any atom is 0.221 e. The Labute approximate surface area is 167 Å². The summed E-state index contributed by atoms with van der Waals surface area (Å²) in [6.45, 7) is 1.76. The number of pyridine rings is 2. The first-order valence-corrected chi connectivity index (χ1v) is 8.98. The smallest absolute Gasteiger partial charge is 0.221 e. The summed E-state index contributed by atoms with van der Waals surface area (Å²) < 4.78 is 30.5. The van der Waals surface area contributed by atoms with Crippen molar-refractivity contribution < 1.29 is 23.7 Å². The number of halogens is 1. The zero-order valence-corrected chi connectivity index (χ0v) is 16.1. The minimum Gasteiger partial charge on any atom is -0.496 e. The number of hydrogen-bond donors (Lipinski definition) is 2. The molecule has 0 saturated carbocycles. The van der Waals surface area contributed by atoms with Gasteiger partial charge in [-0.25, -0.2) is 14.4 Å². The molecule has 0 aliphatic carbocycles. The van der Waals surface area contributed by atoms with Gasteiger partial charge >= 0.3 is 0 Å². The number of benzene rings is 1. The second-order valence-electron chi connectivity index (χ2n) is 6.18. The summed E-state index contributed by atoms with van der Waals surface area (Å²) in [5.41, 5.74) is 7.89. The van der Waals surface area contributed by atoms with Gasteiger partial charge in [0.05, 0.1) is 13.7 Å². The molecular weight excluding hydrogens is 377 g/mol. The molecule has 0 fully saturated rings. The molecule has 1 atom stereocenters. The molecule has 3 rings (SSSR count). The zero-order chi connectivity index (χ0) is 20.8. The Bertz CT molecular complexity index is 984. The molecule has 1 aromatic carbocycles. The predicted octanol–water partition coefficient (Wildman–Crippen LogP) is 3.38. The topological polar surface area (TPSA) is 99.7 Å². The highest BCUT2D eigenvalue weighted by molar-refractivity contribution is 5.71. The van der Waals surface area contributed by atoms with E-state index in [9.17, 15) is 4.39 Å². The number of aliphatic hydroxyl groups is 1. The average Bonchev–Trinajstić information content (AvgIpc) is 2.74. The summed E-state index contributed by atoms with van der Waals surface area (Å²) in [7, 11) is 1.51. The number of rotatable bonds is 8. The lowest BCUT2D eigenvalue weighted by Gasteiger charge is -2.19. The number of aromatic nitrogens is 2. The zero-order valence-electron chi connectivity index (χ0n) is 16.1. The molecule has 152 valence electrons. The minimum absolute atomic E-state index is 0.117. The Hall–Kier alpha value is -3.39. The molecule has 0 aliphatic rings. The van der Waals surface area contributed by atoms with Crippen LogP contribution in [0.25, 0.3) is 11.1 Å². The van der Waals surface area contributed by atoms with Gasteiger partial charge in [0, 0.05) is 29.1 Å². The molecule has 8 heteroatoms. The van der Waals surface area contributed by atoms with Gasteiger partial charge in [0.25, 0.3) is 0 Å². The molecule has 3 aromatic rings. The van der Waals surface area contributed by atoms with E-state index in [4.69, 9.17) is 25.1 Å². The van der Waals surface area contributed by atoms with Crippen LogP contribution in [0.4, 0.5) is 10.2 Å². The number of nitrogen functional groups attached to an aromatic ring is 1. The Balaban J connectivity index is 1.92. The Morgan fingerprint density at radius 1 is 1.17 bits per heavy atom. The van der Waals surface area contributed by atoms with Gasteiger partial charge in [-0.3, -0.25) is 0 Å². The van der Waals surface area contributed by atoms with E-state index in [2.05, 4.69) is 9.97 Å². The first-order chi connectivity index (χ1) is 14.0. The van der Waals surface area contributed by atoms with Crippen LogP contribution in [0.1, 0.15) is 18.6 Å². The van der Waals surface area contributed by atoms with Crippen molar-refractivity contribution in [3.63, 3.8) is 0 Å². The number of nitrogens with two attached hydrogens (primary N) is 1. The maximum absolute atomic E-state index is 13.7. The molecule has 29 heavy (non-hydrogen) atoms. The quantitative estimate of drug-likeness (QED) is 0.599. The minimum atomic E-state index is -0.543. The lowest BCUT2D eigenvalue weighted by molar-refractivity contribution is 0.197. The molecule has 0 bridgehead atoms. The molecule has 0 radical (unpaired) electrons. The normalized spacial score (nSPS) is 11.7. The van der Waals surface area contributed by atoms with Crippen molar-refractivity contribution in [2.45, 2.75) is 13.0 Å². The first kappa shape index (κ1) is 20.3. The molecule has 3 N–H and O–H groups in total. The fraction of sp³-hybridized carbons (Fsp3) is 0.238. The van der Waals surface area contributed by atoms with Crippen LogP contribution in [-0.4, -0.2) is 35.4 Å². The Morgan fingerprint density at radius 3 is 2.76 bits per heavy atom. The molecule has 2 heterocycles. The SMILES string of the molecule is COc1ccc(F)cc1C(C)Oc1cc(-c2cccnc2OCCO)cnc1N. The van der Waals surface area contributed by atoms with Crippen LogP contribution >= 0.6 is 0 Å². The number of nitrogens with zero attached hydrogens (tertiary/aromatic N) is 2. The lowest BCUT2D eigenvalue weighted by atomic mass is 10.1. The van der Waals surface area contributed by atoms with Gasteiger partial charge in [0.2, 0.25) is 5.88 Å². The molecule has 0 saturated heterocycles. The Kier molecular flexibility index (Phi) is 6.46. The van der Waals surface area contributed by atoms with E-state index in [1.54, 1.807) is 37.5 Å². The largest absolute Gasteiger partial charge is 0.496 e. The highest BCUT2D eigenvalue weighted by Crippen LogP contribution is 2.35. The third kappa shape index (κ3) is 4.72. The summed E-state index contributed by atoms with van der Waals surface area (Å²) in [4.78, 5) is 8.39. The summed E-state index contributed by atoms with van der Waals surface area (Å²) in [6, 6.07) is 9.52. The van der Waals surface area contributed by atoms with E-state index in [0.29, 0.717) is 34.1 Å². The van der Waals surface area contributed by atoms with Crippen molar-refractivity contribution in [2.24, 2.45) is 0 Å². The van der Waals surface area contributed by atoms with E-state index in [1.807, 2.05) is 6.07 Å². The molecule has 0 amide bonds. The summed E-state index contributed by atoms with van der Waals surface area (Å²) in [5.74, 6) is 1.00. The molecular formula is C21H22FN3O4. The number of hydrogen-bond acceptors (Lipinski definition) is 7. The second kappa shape index (κ2) is 9.20. The first-order valence-electron chi connectivity index (χ1n) is 8.98. The van der Waals surface area contributed by atoms with Gasteiger partial charge in [-0.15, -0.1) is 0 Å². The summed E-state index contributed by atoms with van der Waals surface area (Å²) in [6.07, 6.45) is 2.63. The van der Waals surface area contributed by atoms with Gasteiger partial charge in [0.15, 0.2) is 11.6 Å². The molecule has 0 aliphatic heterocycles. The number of aliphatic hydroxyl groups excluding tert-OH is 1. The van der Waals surface area contributed by atoms with Gasteiger partial charge in [-0.2, -0.15) is 0 Å². The van der Waals surface area contributed by atoms with Gasteiger partial charge in [-0.05, 0) is 43.3 Å². The third-order valence-electron chi connectivity index (χ3n) is 4.23. The third-order valence-corrected chi connectivity index (χ3v) is 4.23. The fourth-order valence-electron chi connectivity index (χ4n) is 2.84. The predicted molar refractivity (Wildman–Crippen MR) is 106 cm³/mol. The van der Waals surface area contributed by atoms with E-state index in [-0.39, 0.29) is 19.0 Å². The fourth-order valence-corrected chi connectivity index (χ4v) is 2.84. The highest BCUT2D eigenvalue weighted by atomic mass is 19.1. The maximum atomic E-state index is 13.7. The van der Waals surface area contributed by atoms with Crippen LogP contribution in [0.15, 0.2) is 48.8 Å². The van der Waals surface area contributed by atoms with Gasteiger partial charge in [0.1, 0.15) is 24.3 Å². The summed E-state index contributed by atoms with van der Waals surface area (Å²) >= 11 is 0. The standard InChI is InChI=1S/C21H22FN3O4/c1-13(17-11-15(22)5-6-18(17)27-2)29-19-10-14(12-25-20(19)23)16-4-3-7-24-21(16)28-9-8-26/h3-7,10-13,26H,8-9H2,1-2H3,(H2,23,25). The second-order valence-corrected chi connectivity index (χ2v) is 6.18. The van der Waals surface area contributed by atoms with Crippen LogP contribution in [0.3, 0.4) is 0 Å². The van der Waals surface area contributed by atoms with Gasteiger partial charge in [-0.1, -0.05) is 0 Å². The van der Waals surface area contributed by atoms with E-state index in [0.717, 1.165) is 0 Å². The van der Waals surface area contributed by atoms with E-state index in [1.165, 1.54) is 19.2 Å². The van der Waals surface area contributed by atoms with Crippen molar-refractivity contribution in [3.05, 3.63) is 60.2 Å². The van der Waals surface area contributed by atoms with Crippen LogP contribution in [0.2, 0.25) is 0 Å². The monoisotopic (exact) mass is 399 g/mol. The Morgan fingerprint density at radius 2 is 2.00 bits per heavy atom. The molecule has 0 spiro atoms. The van der Waals surface area contributed by atoms with Crippen molar-refractivity contribution in [1.82, 2.24) is 9.97 Å². The van der Waals surface area contributed by atoms with Crippen molar-refractivity contribution in [1.29, 1.82) is 0 Å². The van der Waals surface area contributed by atoms with Crippen molar-refractivity contribution in [2.75, 3.05) is 26.1 Å². The number of anilines is 1. The van der Waals surface area contributed by atoms with Crippen LogP contribution < -0.4 is 19.9 Å². The van der Waals surface area contributed by atoms with Gasteiger partial charge < -0.3 is 25.1 Å². The van der Waals surface area contributed by atoms with E-state index < -0.39 is 11.9 Å². The average molecular weight is 399 g/mol. The van der Waals surface area contributed by atoms with Crippen LogP contribution in [0.5, 0.6) is 17.4 Å². The van der Waals surface area contributed by atoms with E-state index >= 15 is 0 Å². The van der Waals surface area contributed by atoms with Crippen LogP contribution in [-0.2, 0) is 0 Å². The van der Waals surface area contributed by atoms with Crippen LogP contribution in [0, 0.1) is 5.82 Å². The number of methoxy groups -OCH3 is 1. The molecule has 7 nitrogen and oxygen atoms in total. The highest BCUT2D eigenvalue weighted by Gasteiger charge is 2.17. The van der Waals surface area contributed by atoms with Crippen molar-refractivity contribution >= 4 is 5.82 Å². The van der Waals surface area contributed by atoms with Crippen molar-refractivity contribution in [3.8, 4) is 28.5 Å². The number of ether oxygens (including phenoxy) is 3. The lowest BCUT2D eigenvalue weighted by Crippen LogP contribution is -2.08.